The fourth-order valence-electron chi connectivity index (χ4n) is 5.73. The van der Waals surface area contributed by atoms with Gasteiger partial charge < -0.3 is 4.57 Å². The second-order valence-corrected chi connectivity index (χ2v) is 9.62. The summed E-state index contributed by atoms with van der Waals surface area (Å²) in [6, 6.07) is 23.6. The predicted molar refractivity (Wildman–Crippen MR) is 143 cm³/mol. The molecule has 0 aliphatic heterocycles. The predicted octanol–water partition coefficient (Wildman–Crippen LogP) is 7.65. The van der Waals surface area contributed by atoms with E-state index in [1.807, 2.05) is 16.8 Å². The smallest absolute Gasteiger partial charge is 0.0711 e. The molecule has 3 aromatic carbocycles. The number of aryl methyl sites for hydroxylation is 4. The van der Waals surface area contributed by atoms with E-state index in [0.29, 0.717) is 0 Å². The van der Waals surface area contributed by atoms with Crippen molar-refractivity contribution in [1.29, 1.82) is 0 Å². The Morgan fingerprint density at radius 3 is 2.23 bits per heavy atom. The van der Waals surface area contributed by atoms with Crippen LogP contribution in [-0.2, 0) is 27.2 Å². The topological polar surface area (TPSA) is 22.2 Å². The van der Waals surface area contributed by atoms with Crippen LogP contribution in [0.1, 0.15) is 28.1 Å². The Balaban J connectivity index is 0.00000253. The third kappa shape index (κ3) is 3.47. The molecule has 3 aromatic heterocycles. The average Bonchev–Trinajstić information content (AvgIpc) is 3.39. The zero-order valence-corrected chi connectivity index (χ0v) is 23.3. The normalized spacial score (nSPS) is 11.5. The van der Waals surface area contributed by atoms with Gasteiger partial charge in [-0.1, -0.05) is 46.7 Å². The first-order valence-corrected chi connectivity index (χ1v) is 11.8. The number of rotatable bonds is 2. The molecule has 177 valence electrons. The van der Waals surface area contributed by atoms with Crippen LogP contribution in [0.15, 0.2) is 60.8 Å². The quantitative estimate of drug-likeness (QED) is 0.142. The molecule has 0 saturated carbocycles. The molecular weight excluding hydrogens is 607 g/mol. The molecule has 0 bridgehead atoms. The van der Waals surface area contributed by atoms with E-state index in [1.54, 1.807) is 0 Å². The van der Waals surface area contributed by atoms with Gasteiger partial charge in [0.05, 0.1) is 5.52 Å². The van der Waals surface area contributed by atoms with Crippen molar-refractivity contribution in [2.45, 2.75) is 34.6 Å². The summed E-state index contributed by atoms with van der Waals surface area (Å²) >= 11 is 0. The zero-order valence-electron chi connectivity index (χ0n) is 20.9. The Bertz CT molecular complexity index is 1740. The second-order valence-electron chi connectivity index (χ2n) is 9.62. The number of nitrogens with zero attached hydrogens (tertiary/aromatic N) is 3. The Kier molecular flexibility index (Phi) is 5.70. The van der Waals surface area contributed by atoms with Gasteiger partial charge in [0.25, 0.3) is 0 Å². The third-order valence-electron chi connectivity index (χ3n) is 7.43. The van der Waals surface area contributed by atoms with Crippen molar-refractivity contribution in [3.8, 4) is 22.3 Å². The zero-order chi connectivity index (χ0) is 23.7. The number of hydrogen-bond donors (Lipinski definition) is 0. The minimum absolute atomic E-state index is 0. The fourth-order valence-corrected chi connectivity index (χ4v) is 5.73. The molecule has 4 heteroatoms. The van der Waals surface area contributed by atoms with Crippen molar-refractivity contribution in [3.05, 3.63) is 94.9 Å². The number of benzene rings is 3. The van der Waals surface area contributed by atoms with Gasteiger partial charge in [-0.2, -0.15) is 23.3 Å². The molecule has 0 spiro atoms. The van der Waals surface area contributed by atoms with Crippen molar-refractivity contribution < 1.29 is 20.1 Å². The summed E-state index contributed by atoms with van der Waals surface area (Å²) in [4.78, 5) is 0. The maximum atomic E-state index is 4.68. The minimum atomic E-state index is 0. The Labute approximate surface area is 219 Å². The van der Waals surface area contributed by atoms with Crippen LogP contribution in [0.5, 0.6) is 0 Å². The summed E-state index contributed by atoms with van der Waals surface area (Å²) in [5.41, 5.74) is 13.6. The largest absolute Gasteiger partial charge is 0.352 e. The SMILES string of the molecule is Cc1cc(C)c(-c2ccc3c(c2)c2c(-c4cc(C)n(C)c4C)cc[c-]c2n2nccc32)c(C)c1.[Ir]. The monoisotopic (exact) mass is 635 g/mol. The van der Waals surface area contributed by atoms with Gasteiger partial charge in [-0.25, -0.2) is 0 Å². The Morgan fingerprint density at radius 1 is 0.800 bits per heavy atom. The fraction of sp³-hybridized carbons (Fsp3) is 0.194. The first-order chi connectivity index (χ1) is 16.3. The molecule has 3 heterocycles. The molecule has 35 heavy (non-hydrogen) atoms. The maximum absolute atomic E-state index is 4.68. The van der Waals surface area contributed by atoms with E-state index < -0.39 is 0 Å². The van der Waals surface area contributed by atoms with Gasteiger partial charge in [-0.15, -0.1) is 5.56 Å². The standard InChI is InChI=1S/C31H28N3.Ir/c1-18-14-19(2)30(20(3)15-18)23-10-11-24-27(17-23)31-25(26-16-21(4)33(6)22(26)5)8-7-9-29(31)34-28(24)12-13-32-34;/h7-8,10-17H,1-6H3;/q-1;. The molecule has 0 N–H and O–H groups in total. The molecule has 0 fully saturated rings. The van der Waals surface area contributed by atoms with E-state index in [2.05, 4.69) is 106 Å². The van der Waals surface area contributed by atoms with Gasteiger partial charge in [-0.3, -0.25) is 4.52 Å². The van der Waals surface area contributed by atoms with Crippen LogP contribution < -0.4 is 0 Å². The number of fused-ring (bicyclic) bond motifs is 6. The van der Waals surface area contributed by atoms with Gasteiger partial charge in [0.1, 0.15) is 0 Å². The van der Waals surface area contributed by atoms with Crippen LogP contribution in [0.25, 0.3) is 49.4 Å². The number of pyridine rings is 1. The molecule has 3 nitrogen and oxygen atoms in total. The third-order valence-corrected chi connectivity index (χ3v) is 7.43. The van der Waals surface area contributed by atoms with E-state index in [-0.39, 0.29) is 20.1 Å². The summed E-state index contributed by atoms with van der Waals surface area (Å²) in [5, 5.41) is 8.33. The van der Waals surface area contributed by atoms with Gasteiger partial charge in [-0.05, 0) is 85.5 Å². The molecule has 0 atom stereocenters. The van der Waals surface area contributed by atoms with E-state index in [9.17, 15) is 0 Å². The molecule has 0 unspecified atom stereocenters. The summed E-state index contributed by atoms with van der Waals surface area (Å²) in [7, 11) is 2.14. The summed E-state index contributed by atoms with van der Waals surface area (Å²) in [5.74, 6) is 0. The van der Waals surface area contributed by atoms with E-state index in [1.165, 1.54) is 66.5 Å². The molecule has 1 radical (unpaired) electrons. The van der Waals surface area contributed by atoms with Crippen molar-refractivity contribution >= 4 is 27.2 Å². The first kappa shape index (κ1) is 23.5. The van der Waals surface area contributed by atoms with Gasteiger partial charge in [0, 0.05) is 44.7 Å². The molecule has 6 rings (SSSR count). The number of aromatic nitrogens is 3. The van der Waals surface area contributed by atoms with Gasteiger partial charge in [0.15, 0.2) is 0 Å². The van der Waals surface area contributed by atoms with Gasteiger partial charge >= 0.3 is 0 Å². The summed E-state index contributed by atoms with van der Waals surface area (Å²) in [6.45, 7) is 11.0. The van der Waals surface area contributed by atoms with Crippen LogP contribution >= 0.6 is 0 Å². The molecule has 6 aromatic rings. The maximum Gasteiger partial charge on any atom is 0.0711 e. The number of hydrogen-bond acceptors (Lipinski definition) is 1. The van der Waals surface area contributed by atoms with Crippen LogP contribution in [0, 0.1) is 40.7 Å². The molecule has 0 aliphatic rings. The van der Waals surface area contributed by atoms with E-state index in [4.69, 9.17) is 0 Å². The minimum Gasteiger partial charge on any atom is -0.352 e. The van der Waals surface area contributed by atoms with E-state index in [0.717, 1.165) is 11.0 Å². The Hall–Kier alpha value is -3.20. The summed E-state index contributed by atoms with van der Waals surface area (Å²) < 4.78 is 4.30. The van der Waals surface area contributed by atoms with Crippen molar-refractivity contribution in [1.82, 2.24) is 14.2 Å². The molecule has 0 aliphatic carbocycles. The van der Waals surface area contributed by atoms with Crippen LogP contribution in [-0.4, -0.2) is 14.2 Å². The second kappa shape index (κ2) is 8.48. The van der Waals surface area contributed by atoms with E-state index >= 15 is 0 Å². The Morgan fingerprint density at radius 2 is 1.54 bits per heavy atom. The van der Waals surface area contributed by atoms with Crippen LogP contribution in [0.4, 0.5) is 0 Å². The van der Waals surface area contributed by atoms with Crippen molar-refractivity contribution in [3.63, 3.8) is 0 Å². The average molecular weight is 635 g/mol. The summed E-state index contributed by atoms with van der Waals surface area (Å²) in [6.07, 6.45) is 1.88. The molecule has 0 saturated heterocycles. The van der Waals surface area contributed by atoms with Crippen LogP contribution in [0.3, 0.4) is 0 Å². The van der Waals surface area contributed by atoms with Gasteiger partial charge in [0.2, 0.25) is 0 Å². The van der Waals surface area contributed by atoms with Crippen molar-refractivity contribution in [2.75, 3.05) is 0 Å². The molecular formula is C31H28IrN3-. The van der Waals surface area contributed by atoms with Crippen LogP contribution in [0.2, 0.25) is 0 Å². The molecule has 0 amide bonds. The first-order valence-electron chi connectivity index (χ1n) is 11.8. The van der Waals surface area contributed by atoms with Crippen molar-refractivity contribution in [2.24, 2.45) is 7.05 Å².